The van der Waals surface area contributed by atoms with E-state index >= 15 is 0 Å². The van der Waals surface area contributed by atoms with Crippen LogP contribution in [0.25, 0.3) is 16.8 Å². The molecule has 1 atom stereocenters. The van der Waals surface area contributed by atoms with E-state index < -0.39 is 0 Å². The van der Waals surface area contributed by atoms with Crippen LogP contribution >= 0.6 is 0 Å². The zero-order valence-electron chi connectivity index (χ0n) is 21.3. The highest BCUT2D eigenvalue weighted by molar-refractivity contribution is 5.98. The Kier molecular flexibility index (Phi) is 6.60. The van der Waals surface area contributed by atoms with Gasteiger partial charge in [-0.2, -0.15) is 0 Å². The van der Waals surface area contributed by atoms with E-state index in [0.717, 1.165) is 47.7 Å². The number of methoxy groups -OCH3 is 1. The Labute approximate surface area is 215 Å². The predicted molar refractivity (Wildman–Crippen MR) is 141 cm³/mol. The van der Waals surface area contributed by atoms with Gasteiger partial charge >= 0.3 is 0 Å². The van der Waals surface area contributed by atoms with Crippen molar-refractivity contribution in [3.63, 3.8) is 0 Å². The molecule has 3 aromatic heterocycles. The molecule has 1 fully saturated rings. The fourth-order valence-corrected chi connectivity index (χ4v) is 5.02. The summed E-state index contributed by atoms with van der Waals surface area (Å²) in [5.74, 6) is 2.08. The summed E-state index contributed by atoms with van der Waals surface area (Å²) in [6.07, 6.45) is 5.42. The number of likely N-dealkylation sites (tertiary alicyclic amines) is 1. The molecule has 1 aliphatic rings. The van der Waals surface area contributed by atoms with Gasteiger partial charge in [-0.05, 0) is 25.8 Å². The van der Waals surface area contributed by atoms with Crippen LogP contribution in [0.4, 0.5) is 5.82 Å². The molecule has 2 N–H and O–H groups in total. The van der Waals surface area contributed by atoms with Crippen LogP contribution in [0.3, 0.4) is 0 Å². The lowest BCUT2D eigenvalue weighted by Gasteiger charge is -2.31. The average Bonchev–Trinajstić information content (AvgIpc) is 3.33. The summed E-state index contributed by atoms with van der Waals surface area (Å²) in [5.41, 5.74) is 10.8. The molecule has 0 unspecified atom stereocenters. The number of amides is 1. The zero-order valence-corrected chi connectivity index (χ0v) is 21.3. The Hall–Kier alpha value is -4.27. The highest BCUT2D eigenvalue weighted by Crippen LogP contribution is 2.35. The van der Waals surface area contributed by atoms with Crippen LogP contribution in [0.5, 0.6) is 5.75 Å². The summed E-state index contributed by atoms with van der Waals surface area (Å²) in [4.78, 5) is 40.6. The first-order valence-electron chi connectivity index (χ1n) is 12.4. The Morgan fingerprint density at radius 1 is 1.16 bits per heavy atom. The van der Waals surface area contributed by atoms with Crippen LogP contribution in [-0.4, -0.2) is 56.1 Å². The largest absolute Gasteiger partial charge is 0.497 e. The van der Waals surface area contributed by atoms with E-state index in [9.17, 15) is 9.59 Å². The number of imidazole rings is 1. The van der Waals surface area contributed by atoms with Crippen molar-refractivity contribution >= 4 is 23.0 Å². The topological polar surface area (TPSA) is 116 Å². The van der Waals surface area contributed by atoms with Crippen LogP contribution in [0.15, 0.2) is 48.8 Å². The summed E-state index contributed by atoms with van der Waals surface area (Å²) in [6.45, 7) is 4.99. The maximum absolute atomic E-state index is 12.9. The first-order valence-corrected chi connectivity index (χ1v) is 12.4. The maximum Gasteiger partial charge on any atom is 0.219 e. The van der Waals surface area contributed by atoms with Gasteiger partial charge in [-0.25, -0.2) is 9.97 Å². The highest BCUT2D eigenvalue weighted by Gasteiger charge is 2.29. The van der Waals surface area contributed by atoms with E-state index in [2.05, 4.69) is 14.4 Å². The van der Waals surface area contributed by atoms with Gasteiger partial charge in [-0.3, -0.25) is 19.0 Å². The van der Waals surface area contributed by atoms with Crippen molar-refractivity contribution in [2.75, 3.05) is 25.9 Å². The normalized spacial score (nSPS) is 15.6. The zero-order chi connectivity index (χ0) is 26.1. The summed E-state index contributed by atoms with van der Waals surface area (Å²) in [6, 6.07) is 10.9. The molecule has 9 heteroatoms. The van der Waals surface area contributed by atoms with Crippen molar-refractivity contribution in [3.05, 3.63) is 71.6 Å². The third kappa shape index (κ3) is 4.76. The lowest BCUT2D eigenvalue weighted by molar-refractivity contribution is -0.130. The minimum atomic E-state index is -0.0359. The summed E-state index contributed by atoms with van der Waals surface area (Å²) in [5, 5.41) is 0. The van der Waals surface area contributed by atoms with Crippen molar-refractivity contribution in [1.29, 1.82) is 0 Å². The summed E-state index contributed by atoms with van der Waals surface area (Å²) >= 11 is 0. The van der Waals surface area contributed by atoms with Crippen LogP contribution in [0.1, 0.15) is 53.3 Å². The molecule has 190 valence electrons. The number of anilines is 1. The number of carbonyl (C=O) groups is 2. The molecule has 0 saturated carbocycles. The lowest BCUT2D eigenvalue weighted by Crippen LogP contribution is -2.38. The molecule has 0 radical (unpaired) electrons. The molecule has 0 bridgehead atoms. The number of aromatic nitrogens is 4. The van der Waals surface area contributed by atoms with E-state index in [1.165, 1.54) is 0 Å². The quantitative estimate of drug-likeness (QED) is 0.402. The molecule has 4 aromatic rings. The molecule has 5 rings (SSSR count). The standard InChI is InChI=1S/C28H30N6O3/c1-17-15-31-27(29)26-25(32-28(34(17)26)21-5-4-12-33(16-21)18(2)35)20-8-6-19(7-9-20)24(36)14-22-13-23(37-3)10-11-30-22/h6-11,13,15,21H,4-5,12,14,16H2,1-3H3,(H2,29,31)/t21-/m1/s1. The van der Waals surface area contributed by atoms with Crippen molar-refractivity contribution in [2.45, 2.75) is 39.0 Å². The number of hydrogen-bond acceptors (Lipinski definition) is 7. The monoisotopic (exact) mass is 498 g/mol. The van der Waals surface area contributed by atoms with Crippen LogP contribution in [-0.2, 0) is 11.2 Å². The number of rotatable bonds is 6. The van der Waals surface area contributed by atoms with E-state index in [0.29, 0.717) is 29.4 Å². The third-order valence-corrected chi connectivity index (χ3v) is 6.97. The molecule has 1 amide bonds. The number of fused-ring (bicyclic) bond motifs is 1. The van der Waals surface area contributed by atoms with Gasteiger partial charge in [0.15, 0.2) is 5.78 Å². The molecule has 1 aliphatic heterocycles. The van der Waals surface area contributed by atoms with E-state index in [4.69, 9.17) is 15.5 Å². The summed E-state index contributed by atoms with van der Waals surface area (Å²) < 4.78 is 7.30. The van der Waals surface area contributed by atoms with Gasteiger partial charge in [-0.1, -0.05) is 24.3 Å². The van der Waals surface area contributed by atoms with Gasteiger partial charge in [-0.15, -0.1) is 0 Å². The van der Waals surface area contributed by atoms with Crippen LogP contribution < -0.4 is 10.5 Å². The van der Waals surface area contributed by atoms with Crippen molar-refractivity contribution in [1.82, 2.24) is 24.3 Å². The van der Waals surface area contributed by atoms with Gasteiger partial charge in [0.1, 0.15) is 28.6 Å². The van der Waals surface area contributed by atoms with Crippen LogP contribution in [0.2, 0.25) is 0 Å². The fraction of sp³-hybridized carbons (Fsp3) is 0.321. The van der Waals surface area contributed by atoms with E-state index in [-0.39, 0.29) is 24.0 Å². The first kappa shape index (κ1) is 24.4. The van der Waals surface area contributed by atoms with Crippen molar-refractivity contribution < 1.29 is 14.3 Å². The number of ketones is 1. The number of pyridine rings is 1. The smallest absolute Gasteiger partial charge is 0.219 e. The Morgan fingerprint density at radius 3 is 2.68 bits per heavy atom. The number of benzene rings is 1. The first-order chi connectivity index (χ1) is 17.9. The van der Waals surface area contributed by atoms with Gasteiger partial charge in [0.05, 0.1) is 19.2 Å². The summed E-state index contributed by atoms with van der Waals surface area (Å²) in [7, 11) is 1.59. The SMILES string of the molecule is COc1ccnc(CC(=O)c2ccc(-c3nc([C@@H]4CCCN(C(C)=O)C4)n4c(C)cnc(N)c34)cc2)c1. The molecular formula is C28H30N6O3. The van der Waals surface area contributed by atoms with Crippen molar-refractivity contribution in [2.24, 2.45) is 0 Å². The lowest BCUT2D eigenvalue weighted by atomic mass is 9.97. The van der Waals surface area contributed by atoms with E-state index in [1.807, 2.05) is 24.0 Å². The molecule has 37 heavy (non-hydrogen) atoms. The Bertz CT molecular complexity index is 1480. The Morgan fingerprint density at radius 2 is 1.95 bits per heavy atom. The molecule has 0 aliphatic carbocycles. The minimum absolute atomic E-state index is 0.0359. The molecule has 9 nitrogen and oxygen atoms in total. The van der Waals surface area contributed by atoms with Crippen LogP contribution in [0, 0.1) is 6.92 Å². The number of Topliss-reactive ketones (excluding diaryl/α,β-unsaturated/α-hetero) is 1. The highest BCUT2D eigenvalue weighted by atomic mass is 16.5. The third-order valence-electron chi connectivity index (χ3n) is 6.97. The van der Waals surface area contributed by atoms with Gasteiger partial charge in [0.2, 0.25) is 5.91 Å². The number of piperidine rings is 1. The second-order valence-corrected chi connectivity index (χ2v) is 9.46. The number of carbonyl (C=O) groups excluding carboxylic acids is 2. The second kappa shape index (κ2) is 10.0. The minimum Gasteiger partial charge on any atom is -0.497 e. The fourth-order valence-electron chi connectivity index (χ4n) is 5.02. The Balaban J connectivity index is 1.48. The van der Waals surface area contributed by atoms with Gasteiger partial charge < -0.3 is 15.4 Å². The molecule has 1 aromatic carbocycles. The number of hydrogen-bond donors (Lipinski definition) is 1. The molecular weight excluding hydrogens is 468 g/mol. The number of aryl methyl sites for hydroxylation is 1. The number of nitrogens with two attached hydrogens (primary N) is 1. The average molecular weight is 499 g/mol. The molecule has 4 heterocycles. The van der Waals surface area contributed by atoms with Crippen molar-refractivity contribution in [3.8, 4) is 17.0 Å². The molecule has 1 saturated heterocycles. The van der Waals surface area contributed by atoms with Gasteiger partial charge in [0.25, 0.3) is 0 Å². The molecule has 0 spiro atoms. The van der Waals surface area contributed by atoms with Gasteiger partial charge in [0, 0.05) is 61.2 Å². The van der Waals surface area contributed by atoms with E-state index in [1.54, 1.807) is 50.7 Å². The maximum atomic E-state index is 12.9. The predicted octanol–water partition coefficient (Wildman–Crippen LogP) is 3.84. The number of nitrogen functional groups attached to an aromatic ring is 1. The number of ether oxygens (including phenoxy) is 1. The second-order valence-electron chi connectivity index (χ2n) is 9.46. The number of nitrogens with zero attached hydrogens (tertiary/aromatic N) is 5.